The summed E-state index contributed by atoms with van der Waals surface area (Å²) in [5.74, 6) is 1.36. The second-order valence-electron chi connectivity index (χ2n) is 5.51. The molecule has 1 atom stereocenters. The molecular weight excluding hydrogens is 324 g/mol. The van der Waals surface area contributed by atoms with E-state index in [1.165, 1.54) is 6.20 Å². The van der Waals surface area contributed by atoms with Gasteiger partial charge in [0.2, 0.25) is 5.88 Å². The van der Waals surface area contributed by atoms with E-state index < -0.39 is 0 Å². The standard InChI is InChI=1S/C18H20N2O5/c1-22-15-5-4-13(9-16(15)23-2)20-18(21)12-3-6-17(19-10-12)25-14-7-8-24-11-14/h3-6,9-10,14H,7-8,11H2,1-2H3,(H,20,21). The molecule has 132 valence electrons. The Bertz CT molecular complexity index is 727. The number of carbonyl (C=O) groups excluding carboxylic acids is 1. The molecule has 1 fully saturated rings. The summed E-state index contributed by atoms with van der Waals surface area (Å²) in [4.78, 5) is 16.5. The molecule has 1 unspecified atom stereocenters. The lowest BCUT2D eigenvalue weighted by molar-refractivity contribution is 0.102. The molecule has 7 nitrogen and oxygen atoms in total. The van der Waals surface area contributed by atoms with Gasteiger partial charge in [0.1, 0.15) is 6.10 Å². The number of hydrogen-bond donors (Lipinski definition) is 1. The Hall–Kier alpha value is -2.80. The number of carbonyl (C=O) groups is 1. The summed E-state index contributed by atoms with van der Waals surface area (Å²) in [6.07, 6.45) is 2.36. The van der Waals surface area contributed by atoms with Gasteiger partial charge in [-0.3, -0.25) is 4.79 Å². The third-order valence-electron chi connectivity index (χ3n) is 3.82. The molecule has 1 amide bonds. The Balaban J connectivity index is 1.64. The first kappa shape index (κ1) is 17.0. The van der Waals surface area contributed by atoms with Gasteiger partial charge >= 0.3 is 0 Å². The van der Waals surface area contributed by atoms with Crippen molar-refractivity contribution in [3.05, 3.63) is 42.1 Å². The minimum Gasteiger partial charge on any atom is -0.493 e. The van der Waals surface area contributed by atoms with E-state index in [1.807, 2.05) is 0 Å². The van der Waals surface area contributed by atoms with Gasteiger partial charge in [0.25, 0.3) is 5.91 Å². The predicted octanol–water partition coefficient (Wildman–Crippen LogP) is 2.52. The molecule has 1 aromatic carbocycles. The molecule has 1 aromatic heterocycles. The summed E-state index contributed by atoms with van der Waals surface area (Å²) in [5.41, 5.74) is 1.04. The van der Waals surface area contributed by atoms with Gasteiger partial charge in [0.15, 0.2) is 11.5 Å². The van der Waals surface area contributed by atoms with Crippen LogP contribution < -0.4 is 19.5 Å². The van der Waals surface area contributed by atoms with E-state index in [0.29, 0.717) is 41.8 Å². The van der Waals surface area contributed by atoms with Crippen LogP contribution in [-0.2, 0) is 4.74 Å². The van der Waals surface area contributed by atoms with Crippen molar-refractivity contribution in [3.8, 4) is 17.4 Å². The molecule has 0 bridgehead atoms. The second-order valence-corrected chi connectivity index (χ2v) is 5.51. The Morgan fingerprint density at radius 2 is 2.04 bits per heavy atom. The van der Waals surface area contributed by atoms with Crippen LogP contribution in [0.3, 0.4) is 0 Å². The number of rotatable bonds is 6. The highest BCUT2D eigenvalue weighted by Gasteiger charge is 2.18. The Morgan fingerprint density at radius 1 is 1.20 bits per heavy atom. The number of aromatic nitrogens is 1. The van der Waals surface area contributed by atoms with Gasteiger partial charge in [0, 0.05) is 30.4 Å². The van der Waals surface area contributed by atoms with Crippen molar-refractivity contribution in [1.82, 2.24) is 4.98 Å². The number of nitrogens with zero attached hydrogens (tertiary/aromatic N) is 1. The zero-order valence-corrected chi connectivity index (χ0v) is 14.2. The zero-order valence-electron chi connectivity index (χ0n) is 14.2. The summed E-state index contributed by atoms with van der Waals surface area (Å²) < 4.78 is 21.3. The van der Waals surface area contributed by atoms with Crippen LogP contribution in [0.4, 0.5) is 5.69 Å². The first-order valence-electron chi connectivity index (χ1n) is 7.93. The van der Waals surface area contributed by atoms with Crippen LogP contribution in [0.5, 0.6) is 17.4 Å². The summed E-state index contributed by atoms with van der Waals surface area (Å²) in [6.45, 7) is 1.28. The molecule has 1 aliphatic rings. The number of benzene rings is 1. The van der Waals surface area contributed by atoms with E-state index in [2.05, 4.69) is 10.3 Å². The number of nitrogens with one attached hydrogen (secondary N) is 1. The van der Waals surface area contributed by atoms with Crippen molar-refractivity contribution < 1.29 is 23.7 Å². The molecule has 0 aliphatic carbocycles. The average Bonchev–Trinajstić information content (AvgIpc) is 3.15. The zero-order chi connectivity index (χ0) is 17.6. The second kappa shape index (κ2) is 7.85. The van der Waals surface area contributed by atoms with E-state index >= 15 is 0 Å². The molecule has 1 aliphatic heterocycles. The maximum atomic E-state index is 12.3. The van der Waals surface area contributed by atoms with Gasteiger partial charge in [-0.15, -0.1) is 0 Å². The van der Waals surface area contributed by atoms with Crippen LogP contribution in [0.2, 0.25) is 0 Å². The lowest BCUT2D eigenvalue weighted by Crippen LogP contribution is -2.17. The van der Waals surface area contributed by atoms with E-state index in [0.717, 1.165) is 6.42 Å². The SMILES string of the molecule is COc1ccc(NC(=O)c2ccc(OC3CCOC3)nc2)cc1OC. The molecule has 0 saturated carbocycles. The highest BCUT2D eigenvalue weighted by molar-refractivity contribution is 6.04. The van der Waals surface area contributed by atoms with Gasteiger partial charge < -0.3 is 24.3 Å². The first-order valence-corrected chi connectivity index (χ1v) is 7.93. The summed E-state index contributed by atoms with van der Waals surface area (Å²) in [6, 6.07) is 8.52. The number of amides is 1. The van der Waals surface area contributed by atoms with E-state index in [4.69, 9.17) is 18.9 Å². The van der Waals surface area contributed by atoms with Crippen molar-refractivity contribution in [3.63, 3.8) is 0 Å². The first-order chi connectivity index (χ1) is 12.2. The van der Waals surface area contributed by atoms with Gasteiger partial charge in [0.05, 0.1) is 33.0 Å². The number of methoxy groups -OCH3 is 2. The minimum atomic E-state index is -0.268. The quantitative estimate of drug-likeness (QED) is 0.867. The van der Waals surface area contributed by atoms with Gasteiger partial charge in [-0.25, -0.2) is 4.98 Å². The van der Waals surface area contributed by atoms with Crippen LogP contribution >= 0.6 is 0 Å². The minimum absolute atomic E-state index is 0.0268. The average molecular weight is 344 g/mol. The van der Waals surface area contributed by atoms with Crippen LogP contribution in [0.15, 0.2) is 36.5 Å². The highest BCUT2D eigenvalue weighted by atomic mass is 16.5. The highest BCUT2D eigenvalue weighted by Crippen LogP contribution is 2.29. The van der Waals surface area contributed by atoms with Gasteiger partial charge in [-0.2, -0.15) is 0 Å². The normalized spacial score (nSPS) is 16.3. The van der Waals surface area contributed by atoms with Crippen molar-refractivity contribution in [2.45, 2.75) is 12.5 Å². The predicted molar refractivity (Wildman–Crippen MR) is 91.6 cm³/mol. The number of hydrogen-bond acceptors (Lipinski definition) is 6. The molecule has 2 heterocycles. The molecule has 1 N–H and O–H groups in total. The fraction of sp³-hybridized carbons (Fsp3) is 0.333. The Morgan fingerprint density at radius 3 is 2.68 bits per heavy atom. The van der Waals surface area contributed by atoms with E-state index in [1.54, 1.807) is 44.6 Å². The molecule has 0 spiro atoms. The molecule has 3 rings (SSSR count). The molecule has 0 radical (unpaired) electrons. The number of pyridine rings is 1. The lowest BCUT2D eigenvalue weighted by Gasteiger charge is -2.12. The molecule has 25 heavy (non-hydrogen) atoms. The van der Waals surface area contributed by atoms with Gasteiger partial charge in [-0.05, 0) is 18.2 Å². The van der Waals surface area contributed by atoms with Crippen LogP contribution in [-0.4, -0.2) is 44.4 Å². The summed E-state index contributed by atoms with van der Waals surface area (Å²) >= 11 is 0. The molecular formula is C18H20N2O5. The van der Waals surface area contributed by atoms with Gasteiger partial charge in [-0.1, -0.05) is 0 Å². The topological polar surface area (TPSA) is 78.9 Å². The monoisotopic (exact) mass is 344 g/mol. The third-order valence-corrected chi connectivity index (χ3v) is 3.82. The Labute approximate surface area is 145 Å². The maximum absolute atomic E-state index is 12.3. The van der Waals surface area contributed by atoms with Crippen LogP contribution in [0.1, 0.15) is 16.8 Å². The molecule has 7 heteroatoms. The van der Waals surface area contributed by atoms with Crippen molar-refractivity contribution in [1.29, 1.82) is 0 Å². The van der Waals surface area contributed by atoms with Crippen LogP contribution in [0.25, 0.3) is 0 Å². The smallest absolute Gasteiger partial charge is 0.257 e. The van der Waals surface area contributed by atoms with Crippen molar-refractivity contribution >= 4 is 11.6 Å². The molecule has 2 aromatic rings. The van der Waals surface area contributed by atoms with E-state index in [9.17, 15) is 4.79 Å². The summed E-state index contributed by atoms with van der Waals surface area (Å²) in [7, 11) is 3.10. The largest absolute Gasteiger partial charge is 0.493 e. The van der Waals surface area contributed by atoms with E-state index in [-0.39, 0.29) is 12.0 Å². The fourth-order valence-corrected chi connectivity index (χ4v) is 2.48. The maximum Gasteiger partial charge on any atom is 0.257 e. The molecule has 1 saturated heterocycles. The lowest BCUT2D eigenvalue weighted by atomic mass is 10.2. The summed E-state index contributed by atoms with van der Waals surface area (Å²) in [5, 5.41) is 2.80. The number of anilines is 1. The van der Waals surface area contributed by atoms with Crippen molar-refractivity contribution in [2.24, 2.45) is 0 Å². The van der Waals surface area contributed by atoms with Crippen LogP contribution in [0, 0.1) is 0 Å². The third kappa shape index (κ3) is 4.19. The van der Waals surface area contributed by atoms with Crippen molar-refractivity contribution in [2.75, 3.05) is 32.8 Å². The number of ether oxygens (including phenoxy) is 4. The Kier molecular flexibility index (Phi) is 5.35. The fourth-order valence-electron chi connectivity index (χ4n) is 2.48.